The quantitative estimate of drug-likeness (QED) is 0.637. The molecule has 6 heteroatoms. The van der Waals surface area contributed by atoms with Crippen molar-refractivity contribution in [2.24, 2.45) is 5.14 Å². The number of nitrogens with two attached hydrogens (primary N) is 1. The summed E-state index contributed by atoms with van der Waals surface area (Å²) in [6.45, 7) is 0. The molecular weight excluding hydrogens is 266 g/mol. The van der Waals surface area contributed by atoms with Crippen LogP contribution in [0.3, 0.4) is 0 Å². The van der Waals surface area contributed by atoms with E-state index < -0.39 is 10.0 Å². The van der Waals surface area contributed by atoms with Gasteiger partial charge in [-0.15, -0.1) is 0 Å². The number of halogens is 1. The molecule has 0 aliphatic heterocycles. The second-order valence-electron chi connectivity index (χ2n) is 2.97. The lowest BCUT2D eigenvalue weighted by Gasteiger charge is -2.01. The van der Waals surface area contributed by atoms with Crippen molar-refractivity contribution in [2.45, 2.75) is 11.3 Å². The van der Waals surface area contributed by atoms with E-state index in [0.717, 1.165) is 0 Å². The van der Waals surface area contributed by atoms with Gasteiger partial charge in [0.2, 0.25) is 10.0 Å². The van der Waals surface area contributed by atoms with Crippen LogP contribution >= 0.6 is 24.2 Å². The van der Waals surface area contributed by atoms with E-state index in [1.807, 2.05) is 0 Å². The molecule has 0 unspecified atom stereocenters. The molecule has 0 heterocycles. The average Bonchev–Trinajstić information content (AvgIpc) is 2.16. The van der Waals surface area contributed by atoms with Crippen molar-refractivity contribution in [3.05, 3.63) is 28.8 Å². The first-order chi connectivity index (χ1) is 7.45. The fourth-order valence-electron chi connectivity index (χ4n) is 1.03. The second kappa shape index (κ2) is 5.60. The minimum atomic E-state index is -3.77. The van der Waals surface area contributed by atoms with E-state index in [9.17, 15) is 8.42 Å². The molecule has 0 amide bonds. The number of hydrogen-bond donors (Lipinski definition) is 2. The number of hydrogen-bond acceptors (Lipinski definition) is 3. The van der Waals surface area contributed by atoms with Crippen molar-refractivity contribution in [2.75, 3.05) is 5.75 Å². The first-order valence-electron chi connectivity index (χ1n) is 4.37. The van der Waals surface area contributed by atoms with Gasteiger partial charge in [0.15, 0.2) is 0 Å². The Morgan fingerprint density at radius 3 is 2.62 bits per heavy atom. The van der Waals surface area contributed by atoms with Crippen molar-refractivity contribution in [3.63, 3.8) is 0 Å². The van der Waals surface area contributed by atoms with Gasteiger partial charge in [-0.3, -0.25) is 0 Å². The number of rotatable bonds is 2. The lowest BCUT2D eigenvalue weighted by molar-refractivity contribution is 0.598. The van der Waals surface area contributed by atoms with E-state index in [4.69, 9.17) is 16.7 Å². The fraction of sp³-hybridized carbons (Fsp3) is 0.200. The minimum absolute atomic E-state index is 0.0835. The Hall–Kier alpha value is -0.670. The van der Waals surface area contributed by atoms with E-state index in [1.165, 1.54) is 12.1 Å². The maximum atomic E-state index is 11.1. The Bertz CT molecular complexity index is 544. The zero-order valence-electron chi connectivity index (χ0n) is 8.27. The number of sulfonamides is 1. The van der Waals surface area contributed by atoms with E-state index in [2.05, 4.69) is 24.5 Å². The van der Waals surface area contributed by atoms with E-state index in [0.29, 0.717) is 17.7 Å². The summed E-state index contributed by atoms with van der Waals surface area (Å²) < 4.78 is 22.1. The molecule has 0 radical (unpaired) electrons. The highest BCUT2D eigenvalue weighted by atomic mass is 35.5. The summed E-state index contributed by atoms with van der Waals surface area (Å²) in [5.74, 6) is 6.39. The topological polar surface area (TPSA) is 60.2 Å². The molecule has 0 aromatic heterocycles. The van der Waals surface area contributed by atoms with Crippen LogP contribution in [0.15, 0.2) is 23.1 Å². The standard InChI is InChI=1S/C10H10ClNO2S2/c11-9-7-8(3-1-2-6-15)4-5-10(9)16(12,13)14/h4-5,7,15H,2,6H2,(H2,12,13,14). The van der Waals surface area contributed by atoms with Gasteiger partial charge in [-0.2, -0.15) is 12.6 Å². The first kappa shape index (κ1) is 13.4. The van der Waals surface area contributed by atoms with Gasteiger partial charge >= 0.3 is 0 Å². The van der Waals surface area contributed by atoms with E-state index in [-0.39, 0.29) is 9.92 Å². The fourth-order valence-corrected chi connectivity index (χ4v) is 2.23. The summed E-state index contributed by atoms with van der Waals surface area (Å²) >= 11 is 9.80. The summed E-state index contributed by atoms with van der Waals surface area (Å²) in [6, 6.07) is 4.40. The number of primary sulfonamides is 1. The molecule has 1 rings (SSSR count). The lowest BCUT2D eigenvalue weighted by atomic mass is 10.2. The normalized spacial score (nSPS) is 10.7. The molecule has 16 heavy (non-hydrogen) atoms. The summed E-state index contributed by atoms with van der Waals surface area (Å²) in [5.41, 5.74) is 0.652. The average molecular weight is 276 g/mol. The molecule has 1 aromatic rings. The smallest absolute Gasteiger partial charge is 0.225 e. The summed E-state index contributed by atoms with van der Waals surface area (Å²) in [6.07, 6.45) is 0.664. The van der Waals surface area contributed by atoms with Gasteiger partial charge in [0.1, 0.15) is 4.90 Å². The molecular formula is C10H10ClNO2S2. The summed E-state index contributed by atoms with van der Waals surface area (Å²) in [4.78, 5) is -0.0890. The maximum absolute atomic E-state index is 11.1. The van der Waals surface area contributed by atoms with Gasteiger partial charge < -0.3 is 0 Å². The van der Waals surface area contributed by atoms with Crippen molar-refractivity contribution >= 4 is 34.3 Å². The number of benzene rings is 1. The van der Waals surface area contributed by atoms with Crippen LogP contribution in [0.5, 0.6) is 0 Å². The van der Waals surface area contributed by atoms with Crippen LogP contribution in [0.1, 0.15) is 12.0 Å². The first-order valence-corrected chi connectivity index (χ1v) is 6.93. The van der Waals surface area contributed by atoms with Crippen molar-refractivity contribution < 1.29 is 8.42 Å². The Morgan fingerprint density at radius 2 is 2.12 bits per heavy atom. The van der Waals surface area contributed by atoms with Gasteiger partial charge in [0.05, 0.1) is 5.02 Å². The van der Waals surface area contributed by atoms with Crippen LogP contribution in [-0.4, -0.2) is 14.2 Å². The van der Waals surface area contributed by atoms with Gasteiger partial charge in [-0.25, -0.2) is 13.6 Å². The van der Waals surface area contributed by atoms with Crippen LogP contribution in [0, 0.1) is 11.8 Å². The van der Waals surface area contributed by atoms with Gasteiger partial charge in [-0.1, -0.05) is 23.4 Å². The molecule has 0 saturated heterocycles. The largest absolute Gasteiger partial charge is 0.239 e. The van der Waals surface area contributed by atoms with Gasteiger partial charge in [-0.05, 0) is 18.2 Å². The van der Waals surface area contributed by atoms with E-state index in [1.54, 1.807) is 6.07 Å². The molecule has 0 atom stereocenters. The predicted molar refractivity (Wildman–Crippen MR) is 68.2 cm³/mol. The highest BCUT2D eigenvalue weighted by Crippen LogP contribution is 2.20. The van der Waals surface area contributed by atoms with Crippen molar-refractivity contribution in [3.8, 4) is 11.8 Å². The summed E-state index contributed by atoms with van der Waals surface area (Å²) in [7, 11) is -3.77. The highest BCUT2D eigenvalue weighted by Gasteiger charge is 2.12. The Morgan fingerprint density at radius 1 is 1.44 bits per heavy atom. The van der Waals surface area contributed by atoms with Crippen LogP contribution in [0.4, 0.5) is 0 Å². The SMILES string of the molecule is NS(=O)(=O)c1ccc(C#CCCS)cc1Cl. The molecule has 0 aliphatic carbocycles. The Balaban J connectivity index is 3.07. The van der Waals surface area contributed by atoms with Crippen LogP contribution in [-0.2, 0) is 10.0 Å². The molecule has 0 aliphatic rings. The maximum Gasteiger partial charge on any atom is 0.239 e. The zero-order valence-corrected chi connectivity index (χ0v) is 10.7. The highest BCUT2D eigenvalue weighted by molar-refractivity contribution is 7.89. The molecule has 3 nitrogen and oxygen atoms in total. The summed E-state index contributed by atoms with van der Waals surface area (Å²) in [5, 5.41) is 5.05. The molecule has 0 fully saturated rings. The Kier molecular flexibility index (Phi) is 4.69. The van der Waals surface area contributed by atoms with Crippen LogP contribution < -0.4 is 5.14 Å². The third-order valence-electron chi connectivity index (χ3n) is 1.71. The molecule has 0 spiro atoms. The molecule has 0 bridgehead atoms. The second-order valence-corrected chi connectivity index (χ2v) is 5.35. The predicted octanol–water partition coefficient (Wildman–Crippen LogP) is 1.66. The van der Waals surface area contributed by atoms with Gasteiger partial charge in [0, 0.05) is 17.7 Å². The molecule has 2 N–H and O–H groups in total. The Labute approximate surface area is 105 Å². The molecule has 86 valence electrons. The lowest BCUT2D eigenvalue weighted by Crippen LogP contribution is -2.12. The molecule has 1 aromatic carbocycles. The van der Waals surface area contributed by atoms with Gasteiger partial charge in [0.25, 0.3) is 0 Å². The third kappa shape index (κ3) is 3.72. The van der Waals surface area contributed by atoms with Crippen LogP contribution in [0.2, 0.25) is 5.02 Å². The monoisotopic (exact) mass is 275 g/mol. The molecule has 0 saturated carbocycles. The van der Waals surface area contributed by atoms with E-state index >= 15 is 0 Å². The number of thiol groups is 1. The van der Waals surface area contributed by atoms with Crippen LogP contribution in [0.25, 0.3) is 0 Å². The zero-order chi connectivity index (χ0) is 12.2. The minimum Gasteiger partial charge on any atom is -0.225 e. The van der Waals surface area contributed by atoms with Crippen molar-refractivity contribution in [1.29, 1.82) is 0 Å². The van der Waals surface area contributed by atoms with Crippen molar-refractivity contribution in [1.82, 2.24) is 0 Å². The third-order valence-corrected chi connectivity index (χ3v) is 3.33.